The molecular formula is C16H21NO3. The van der Waals surface area contributed by atoms with Gasteiger partial charge in [-0.25, -0.2) is 0 Å². The fourth-order valence-corrected chi connectivity index (χ4v) is 2.49. The minimum atomic E-state index is -0.809. The van der Waals surface area contributed by atoms with Crippen molar-refractivity contribution >= 4 is 17.6 Å². The lowest BCUT2D eigenvalue weighted by Gasteiger charge is -2.09. The number of hydrogen-bond acceptors (Lipinski definition) is 2. The van der Waals surface area contributed by atoms with Gasteiger partial charge in [0.05, 0.1) is 0 Å². The van der Waals surface area contributed by atoms with Crippen molar-refractivity contribution in [2.45, 2.75) is 39.5 Å². The number of anilines is 1. The van der Waals surface area contributed by atoms with Gasteiger partial charge in [0.15, 0.2) is 0 Å². The number of carboxylic acid groups (broad SMARTS) is 1. The second-order valence-electron chi connectivity index (χ2n) is 5.85. The van der Waals surface area contributed by atoms with Crippen molar-refractivity contribution in [3.63, 3.8) is 0 Å². The quantitative estimate of drug-likeness (QED) is 0.838. The molecule has 1 saturated carbocycles. The number of carbonyl (C=O) groups is 2. The molecule has 0 aromatic heterocycles. The molecule has 1 aliphatic rings. The van der Waals surface area contributed by atoms with Gasteiger partial charge in [0, 0.05) is 18.0 Å². The predicted molar refractivity (Wildman–Crippen MR) is 77.5 cm³/mol. The van der Waals surface area contributed by atoms with E-state index in [0.29, 0.717) is 6.42 Å². The summed E-state index contributed by atoms with van der Waals surface area (Å²) in [5.41, 5.74) is 1.84. The largest absolute Gasteiger partial charge is 0.481 e. The Morgan fingerprint density at radius 2 is 2.20 bits per heavy atom. The smallest absolute Gasteiger partial charge is 0.303 e. The van der Waals surface area contributed by atoms with Gasteiger partial charge in [0.25, 0.3) is 0 Å². The van der Waals surface area contributed by atoms with E-state index in [4.69, 9.17) is 5.11 Å². The maximum atomic E-state index is 12.1. The fourth-order valence-electron chi connectivity index (χ4n) is 2.49. The summed E-state index contributed by atoms with van der Waals surface area (Å²) in [4.78, 5) is 22.7. The first-order valence-electron chi connectivity index (χ1n) is 7.06. The van der Waals surface area contributed by atoms with Crippen LogP contribution in [0.15, 0.2) is 24.3 Å². The van der Waals surface area contributed by atoms with Crippen LogP contribution in [0.1, 0.15) is 38.7 Å². The van der Waals surface area contributed by atoms with Gasteiger partial charge in [-0.15, -0.1) is 0 Å². The molecule has 1 aliphatic carbocycles. The molecule has 0 bridgehead atoms. The van der Waals surface area contributed by atoms with Gasteiger partial charge in [-0.05, 0) is 42.4 Å². The highest BCUT2D eigenvalue weighted by atomic mass is 16.4. The van der Waals surface area contributed by atoms with Crippen LogP contribution < -0.4 is 5.32 Å². The average molecular weight is 275 g/mol. The van der Waals surface area contributed by atoms with Crippen molar-refractivity contribution in [3.05, 3.63) is 29.8 Å². The summed E-state index contributed by atoms with van der Waals surface area (Å²) in [5.74, 6) is -0.629. The number of aliphatic carboxylic acids is 1. The molecule has 4 nitrogen and oxygen atoms in total. The SMILES string of the molecule is CCC1(C)CC1C(=O)Nc1cccc(CCC(=O)O)c1. The standard InChI is InChI=1S/C16H21NO3/c1-3-16(2)10-13(16)15(20)17-12-6-4-5-11(9-12)7-8-14(18)19/h4-6,9,13H,3,7-8,10H2,1-2H3,(H,17,20)(H,18,19). The van der Waals surface area contributed by atoms with Crippen LogP contribution in [0.3, 0.4) is 0 Å². The number of carbonyl (C=O) groups excluding carboxylic acids is 1. The van der Waals surface area contributed by atoms with Crippen molar-refractivity contribution in [2.24, 2.45) is 11.3 Å². The third-order valence-corrected chi connectivity index (χ3v) is 4.30. The zero-order valence-electron chi connectivity index (χ0n) is 12.0. The molecule has 2 atom stereocenters. The molecule has 1 aromatic rings. The van der Waals surface area contributed by atoms with E-state index in [2.05, 4.69) is 19.2 Å². The molecule has 0 aliphatic heterocycles. The summed E-state index contributed by atoms with van der Waals surface area (Å²) in [7, 11) is 0. The first-order chi connectivity index (χ1) is 9.44. The molecule has 20 heavy (non-hydrogen) atoms. The number of amides is 1. The van der Waals surface area contributed by atoms with Gasteiger partial charge < -0.3 is 10.4 Å². The number of aryl methyl sites for hydroxylation is 1. The highest BCUT2D eigenvalue weighted by Gasteiger charge is 2.52. The molecule has 0 saturated heterocycles. The Balaban J connectivity index is 1.95. The second-order valence-corrected chi connectivity index (χ2v) is 5.85. The van der Waals surface area contributed by atoms with Crippen LogP contribution in [0.4, 0.5) is 5.69 Å². The lowest BCUT2D eigenvalue weighted by atomic mass is 10.0. The lowest BCUT2D eigenvalue weighted by Crippen LogP contribution is -2.17. The van der Waals surface area contributed by atoms with Crippen molar-refractivity contribution in [1.29, 1.82) is 0 Å². The van der Waals surface area contributed by atoms with Gasteiger partial charge in [-0.3, -0.25) is 9.59 Å². The highest BCUT2D eigenvalue weighted by molar-refractivity contribution is 5.95. The average Bonchev–Trinajstić information content (AvgIpc) is 3.10. The van der Waals surface area contributed by atoms with Crippen LogP contribution in [-0.2, 0) is 16.0 Å². The Kier molecular flexibility index (Phi) is 4.12. The van der Waals surface area contributed by atoms with E-state index in [1.165, 1.54) is 0 Å². The van der Waals surface area contributed by atoms with Crippen molar-refractivity contribution in [2.75, 3.05) is 5.32 Å². The van der Waals surface area contributed by atoms with Gasteiger partial charge in [0.1, 0.15) is 0 Å². The first-order valence-corrected chi connectivity index (χ1v) is 7.06. The molecule has 2 N–H and O–H groups in total. The van der Waals surface area contributed by atoms with Crippen molar-refractivity contribution < 1.29 is 14.7 Å². The molecule has 108 valence electrons. The number of benzene rings is 1. The summed E-state index contributed by atoms with van der Waals surface area (Å²) < 4.78 is 0. The lowest BCUT2D eigenvalue weighted by molar-refractivity contribution is -0.137. The van der Waals surface area contributed by atoms with E-state index in [-0.39, 0.29) is 23.7 Å². The summed E-state index contributed by atoms with van der Waals surface area (Å²) in [6.45, 7) is 4.25. The van der Waals surface area contributed by atoms with E-state index in [1.54, 1.807) is 0 Å². The zero-order chi connectivity index (χ0) is 14.8. The van der Waals surface area contributed by atoms with Gasteiger partial charge in [0.2, 0.25) is 5.91 Å². The van der Waals surface area contributed by atoms with Crippen molar-refractivity contribution in [3.8, 4) is 0 Å². The molecule has 2 rings (SSSR count). The van der Waals surface area contributed by atoms with Gasteiger partial charge >= 0.3 is 5.97 Å². The summed E-state index contributed by atoms with van der Waals surface area (Å²) in [5, 5.41) is 11.6. The van der Waals surface area contributed by atoms with Crippen LogP contribution in [-0.4, -0.2) is 17.0 Å². The maximum Gasteiger partial charge on any atom is 0.303 e. The molecule has 1 fully saturated rings. The van der Waals surface area contributed by atoms with E-state index in [1.807, 2.05) is 24.3 Å². The van der Waals surface area contributed by atoms with E-state index in [9.17, 15) is 9.59 Å². The number of carboxylic acids is 1. The summed E-state index contributed by atoms with van der Waals surface area (Å²) in [6, 6.07) is 7.42. The van der Waals surface area contributed by atoms with Crippen LogP contribution in [0.2, 0.25) is 0 Å². The first kappa shape index (κ1) is 14.6. The second kappa shape index (κ2) is 5.65. The Morgan fingerprint density at radius 3 is 2.80 bits per heavy atom. The molecular weight excluding hydrogens is 254 g/mol. The van der Waals surface area contributed by atoms with E-state index >= 15 is 0 Å². The Bertz CT molecular complexity index is 526. The number of nitrogens with one attached hydrogen (secondary N) is 1. The molecule has 0 spiro atoms. The normalized spacial score (nSPS) is 24.2. The molecule has 2 unspecified atom stereocenters. The number of rotatable bonds is 6. The monoisotopic (exact) mass is 275 g/mol. The van der Waals surface area contributed by atoms with Gasteiger partial charge in [-0.2, -0.15) is 0 Å². The Labute approximate surface area is 119 Å². The minimum Gasteiger partial charge on any atom is -0.481 e. The topological polar surface area (TPSA) is 66.4 Å². The molecule has 1 aromatic carbocycles. The Morgan fingerprint density at radius 1 is 1.45 bits per heavy atom. The zero-order valence-corrected chi connectivity index (χ0v) is 12.0. The van der Waals surface area contributed by atoms with E-state index in [0.717, 1.165) is 24.1 Å². The number of hydrogen-bond donors (Lipinski definition) is 2. The molecule has 0 radical (unpaired) electrons. The summed E-state index contributed by atoms with van der Waals surface area (Å²) >= 11 is 0. The van der Waals surface area contributed by atoms with Crippen LogP contribution in [0.25, 0.3) is 0 Å². The van der Waals surface area contributed by atoms with Crippen molar-refractivity contribution in [1.82, 2.24) is 0 Å². The third kappa shape index (κ3) is 3.38. The van der Waals surface area contributed by atoms with Crippen LogP contribution in [0, 0.1) is 11.3 Å². The minimum absolute atomic E-state index is 0.0738. The highest BCUT2D eigenvalue weighted by Crippen LogP contribution is 2.55. The van der Waals surface area contributed by atoms with Crippen LogP contribution >= 0.6 is 0 Å². The van der Waals surface area contributed by atoms with Crippen LogP contribution in [0.5, 0.6) is 0 Å². The predicted octanol–water partition coefficient (Wildman–Crippen LogP) is 3.08. The molecule has 0 heterocycles. The Hall–Kier alpha value is -1.84. The fraction of sp³-hybridized carbons (Fsp3) is 0.500. The molecule has 4 heteroatoms. The molecule has 1 amide bonds. The third-order valence-electron chi connectivity index (χ3n) is 4.30. The van der Waals surface area contributed by atoms with Gasteiger partial charge in [-0.1, -0.05) is 26.0 Å². The van der Waals surface area contributed by atoms with E-state index < -0.39 is 5.97 Å². The summed E-state index contributed by atoms with van der Waals surface area (Å²) in [6.07, 6.45) is 2.56. The maximum absolute atomic E-state index is 12.1.